The largest absolute Gasteiger partial charge is 0.356 e. The molecule has 0 N–H and O–H groups in total. The minimum atomic E-state index is 0.135. The van der Waals surface area contributed by atoms with Crippen molar-refractivity contribution in [2.75, 3.05) is 51.2 Å². The third-order valence-corrected chi connectivity index (χ3v) is 6.79. The molecule has 2 aliphatic rings. The van der Waals surface area contributed by atoms with Crippen molar-refractivity contribution in [1.82, 2.24) is 19.8 Å². The second kappa shape index (κ2) is 9.79. The average molecular weight is 426 g/mol. The molecule has 0 saturated carbocycles. The Morgan fingerprint density at radius 3 is 2.53 bits per heavy atom. The Kier molecular flexibility index (Phi) is 6.89. The molecule has 2 aromatic rings. The van der Waals surface area contributed by atoms with Crippen LogP contribution in [0.2, 0.25) is 0 Å². The predicted molar refractivity (Wildman–Crippen MR) is 122 cm³/mol. The summed E-state index contributed by atoms with van der Waals surface area (Å²) in [5.41, 5.74) is 3.00. The number of piperazine rings is 1. The molecule has 1 aromatic carbocycles. The number of rotatable bonds is 6. The average Bonchev–Trinajstić information content (AvgIpc) is 3.33. The highest BCUT2D eigenvalue weighted by molar-refractivity contribution is 7.98. The number of aromatic nitrogens is 2. The minimum Gasteiger partial charge on any atom is -0.356 e. The van der Waals surface area contributed by atoms with Gasteiger partial charge in [0.1, 0.15) is 5.82 Å². The Bertz CT molecular complexity index is 876. The first-order valence-electron chi connectivity index (χ1n) is 10.9. The van der Waals surface area contributed by atoms with Crippen LogP contribution in [-0.2, 0) is 12.2 Å². The number of carbonyl (C=O) groups is 1. The molecule has 2 saturated heterocycles. The lowest BCUT2D eigenvalue weighted by molar-refractivity contribution is 0.0664. The number of anilines is 1. The molecule has 30 heavy (non-hydrogen) atoms. The van der Waals surface area contributed by atoms with Crippen LogP contribution in [0.25, 0.3) is 0 Å². The van der Waals surface area contributed by atoms with Crippen LogP contribution in [0.4, 0.5) is 5.82 Å². The molecule has 0 atom stereocenters. The Morgan fingerprint density at radius 2 is 1.80 bits per heavy atom. The van der Waals surface area contributed by atoms with Crippen LogP contribution in [-0.4, -0.2) is 72.0 Å². The van der Waals surface area contributed by atoms with E-state index in [0.29, 0.717) is 0 Å². The van der Waals surface area contributed by atoms with Gasteiger partial charge in [-0.25, -0.2) is 9.97 Å². The van der Waals surface area contributed by atoms with Crippen LogP contribution >= 0.6 is 11.8 Å². The fourth-order valence-corrected chi connectivity index (χ4v) is 4.76. The van der Waals surface area contributed by atoms with E-state index in [4.69, 9.17) is 9.97 Å². The van der Waals surface area contributed by atoms with Gasteiger partial charge in [0.05, 0.1) is 0 Å². The van der Waals surface area contributed by atoms with Crippen LogP contribution in [0.5, 0.6) is 0 Å². The zero-order valence-corrected chi connectivity index (χ0v) is 18.8. The van der Waals surface area contributed by atoms with Gasteiger partial charge in [-0.3, -0.25) is 4.79 Å². The highest BCUT2D eigenvalue weighted by Crippen LogP contribution is 2.25. The normalized spacial score (nSPS) is 17.5. The number of hydrogen-bond donors (Lipinski definition) is 0. The van der Waals surface area contributed by atoms with Crippen molar-refractivity contribution in [2.24, 2.45) is 0 Å². The second-order valence-electron chi connectivity index (χ2n) is 8.13. The molecule has 6 nitrogen and oxygen atoms in total. The van der Waals surface area contributed by atoms with Gasteiger partial charge >= 0.3 is 0 Å². The van der Waals surface area contributed by atoms with Gasteiger partial charge in [0, 0.05) is 62.3 Å². The summed E-state index contributed by atoms with van der Waals surface area (Å²) in [5.74, 6) is 1.95. The molecule has 1 aromatic heterocycles. The Balaban J connectivity index is 1.43. The predicted octanol–water partition coefficient (Wildman–Crippen LogP) is 3.32. The molecule has 0 unspecified atom stereocenters. The zero-order valence-electron chi connectivity index (χ0n) is 18.0. The number of nitrogens with zero attached hydrogens (tertiary/aromatic N) is 5. The molecule has 4 rings (SSSR count). The third-order valence-electron chi connectivity index (χ3n) is 5.87. The number of carbonyl (C=O) groups excluding carboxylic acids is 1. The van der Waals surface area contributed by atoms with Gasteiger partial charge in [-0.1, -0.05) is 30.8 Å². The Hall–Kier alpha value is -2.12. The van der Waals surface area contributed by atoms with E-state index in [-0.39, 0.29) is 5.91 Å². The van der Waals surface area contributed by atoms with Crippen LogP contribution in [0.3, 0.4) is 0 Å². The quantitative estimate of drug-likeness (QED) is 0.523. The lowest BCUT2D eigenvalue weighted by Crippen LogP contribution is -2.47. The summed E-state index contributed by atoms with van der Waals surface area (Å²) < 4.78 is 0. The fraction of sp³-hybridized carbons (Fsp3) is 0.522. The Labute approximate surface area is 183 Å². The smallest absolute Gasteiger partial charge is 0.253 e. The molecular weight excluding hydrogens is 394 g/mol. The number of hydrogen-bond acceptors (Lipinski definition) is 6. The first-order valence-corrected chi connectivity index (χ1v) is 11.9. The van der Waals surface area contributed by atoms with Crippen LogP contribution < -0.4 is 4.90 Å². The summed E-state index contributed by atoms with van der Waals surface area (Å²) in [6.07, 6.45) is 3.38. The molecule has 3 heterocycles. The maximum Gasteiger partial charge on any atom is 0.253 e. The van der Waals surface area contributed by atoms with E-state index in [1.165, 1.54) is 12.8 Å². The van der Waals surface area contributed by atoms with E-state index in [1.54, 1.807) is 11.8 Å². The van der Waals surface area contributed by atoms with Gasteiger partial charge in [0.25, 0.3) is 5.91 Å². The van der Waals surface area contributed by atoms with Gasteiger partial charge in [-0.15, -0.1) is 0 Å². The van der Waals surface area contributed by atoms with Crippen LogP contribution in [0, 0.1) is 0 Å². The van der Waals surface area contributed by atoms with Crippen molar-refractivity contribution in [2.45, 2.75) is 37.1 Å². The van der Waals surface area contributed by atoms with Gasteiger partial charge in [-0.05, 0) is 44.0 Å². The van der Waals surface area contributed by atoms with Crippen molar-refractivity contribution in [3.05, 3.63) is 47.2 Å². The van der Waals surface area contributed by atoms with Crippen molar-refractivity contribution < 1.29 is 4.79 Å². The lowest BCUT2D eigenvalue weighted by atomic mass is 10.1. The molecule has 0 aliphatic carbocycles. The monoisotopic (exact) mass is 425 g/mol. The maximum absolute atomic E-state index is 12.9. The number of aryl methyl sites for hydroxylation is 1. The summed E-state index contributed by atoms with van der Waals surface area (Å²) >= 11 is 1.65. The molecule has 2 fully saturated rings. The summed E-state index contributed by atoms with van der Waals surface area (Å²) in [5, 5.41) is 0.826. The van der Waals surface area contributed by atoms with Crippen molar-refractivity contribution >= 4 is 23.5 Å². The van der Waals surface area contributed by atoms with E-state index in [1.807, 2.05) is 23.1 Å². The molecular formula is C23H31N5OS. The zero-order chi connectivity index (χ0) is 20.9. The SMILES string of the molecule is CCc1cc(N2CCCC2)nc(SCc2cccc(C(=O)N3CCN(C)CC3)c2)n1. The van der Waals surface area contributed by atoms with E-state index >= 15 is 0 Å². The molecule has 7 heteroatoms. The molecule has 1 amide bonds. The van der Waals surface area contributed by atoms with E-state index < -0.39 is 0 Å². The molecule has 160 valence electrons. The minimum absolute atomic E-state index is 0.135. The van der Waals surface area contributed by atoms with Gasteiger partial charge in [0.2, 0.25) is 0 Å². The standard InChI is InChI=1S/C23H31N5OS/c1-3-20-16-21(27-9-4-5-10-27)25-23(24-20)30-17-18-7-6-8-19(15-18)22(29)28-13-11-26(2)12-14-28/h6-8,15-16H,3-5,9-14,17H2,1-2H3. The van der Waals surface area contributed by atoms with Crippen molar-refractivity contribution in [3.8, 4) is 0 Å². The number of thioether (sulfide) groups is 1. The third kappa shape index (κ3) is 5.13. The van der Waals surface area contributed by atoms with Crippen LogP contribution in [0.15, 0.2) is 35.5 Å². The molecule has 0 bridgehead atoms. The lowest BCUT2D eigenvalue weighted by Gasteiger charge is -2.32. The molecule has 2 aliphatic heterocycles. The summed E-state index contributed by atoms with van der Waals surface area (Å²) in [7, 11) is 2.10. The van der Waals surface area contributed by atoms with Gasteiger partial charge < -0.3 is 14.7 Å². The second-order valence-corrected chi connectivity index (χ2v) is 9.07. The van der Waals surface area contributed by atoms with E-state index in [2.05, 4.69) is 35.9 Å². The molecule has 0 radical (unpaired) electrons. The van der Waals surface area contributed by atoms with Gasteiger partial charge in [-0.2, -0.15) is 0 Å². The van der Waals surface area contributed by atoms with Crippen LogP contribution in [0.1, 0.15) is 41.4 Å². The van der Waals surface area contributed by atoms with Crippen molar-refractivity contribution in [3.63, 3.8) is 0 Å². The highest BCUT2D eigenvalue weighted by Gasteiger charge is 2.20. The first kappa shape index (κ1) is 21.1. The topological polar surface area (TPSA) is 52.6 Å². The summed E-state index contributed by atoms with van der Waals surface area (Å²) in [6, 6.07) is 10.1. The fourth-order valence-electron chi connectivity index (χ4n) is 3.95. The molecule has 0 spiro atoms. The number of benzene rings is 1. The summed E-state index contributed by atoms with van der Waals surface area (Å²) in [4.78, 5) is 29.0. The highest BCUT2D eigenvalue weighted by atomic mass is 32.2. The maximum atomic E-state index is 12.9. The number of amides is 1. The van der Waals surface area contributed by atoms with E-state index in [0.717, 1.165) is 79.2 Å². The number of likely N-dealkylation sites (N-methyl/N-ethyl adjacent to an activating group) is 1. The van der Waals surface area contributed by atoms with Crippen molar-refractivity contribution in [1.29, 1.82) is 0 Å². The van der Waals surface area contributed by atoms with Gasteiger partial charge in [0.15, 0.2) is 5.16 Å². The first-order chi connectivity index (χ1) is 14.6. The Morgan fingerprint density at radius 1 is 1.03 bits per heavy atom. The van der Waals surface area contributed by atoms with E-state index in [9.17, 15) is 4.79 Å². The summed E-state index contributed by atoms with van der Waals surface area (Å²) in [6.45, 7) is 7.77.